The third-order valence-electron chi connectivity index (χ3n) is 4.58. The number of hydrogen-bond acceptors (Lipinski definition) is 4. The SMILES string of the molecule is C=CCCCOC/C(=C\c1ccccc1)[P+]1([O-])OC(C)(C)C(C)(C)O1. The normalized spacial score (nSPS) is 21.2. The van der Waals surface area contributed by atoms with Gasteiger partial charge in [-0.3, -0.25) is 0 Å². The topological polar surface area (TPSA) is 50.8 Å². The summed E-state index contributed by atoms with van der Waals surface area (Å²) in [6.45, 7) is 12.1. The Hall–Kier alpha value is -1.03. The zero-order valence-electron chi connectivity index (χ0n) is 15.7. The van der Waals surface area contributed by atoms with Crippen LogP contribution in [0.4, 0.5) is 0 Å². The van der Waals surface area contributed by atoms with Gasteiger partial charge in [-0.15, -0.1) is 6.58 Å². The van der Waals surface area contributed by atoms with Crippen LogP contribution < -0.4 is 4.89 Å². The molecule has 1 saturated heterocycles. The lowest BCUT2D eigenvalue weighted by atomic mass is 9.90. The van der Waals surface area contributed by atoms with Crippen LogP contribution in [-0.2, 0) is 13.8 Å². The number of allylic oxidation sites excluding steroid dienone is 1. The summed E-state index contributed by atoms with van der Waals surface area (Å²) in [5.74, 6) is 0. The molecule has 4 nitrogen and oxygen atoms in total. The van der Waals surface area contributed by atoms with Gasteiger partial charge in [-0.25, -0.2) is 0 Å². The molecule has 1 aromatic rings. The Morgan fingerprint density at radius 3 is 2.32 bits per heavy atom. The largest absolute Gasteiger partial charge is 0.627 e. The summed E-state index contributed by atoms with van der Waals surface area (Å²) in [6.07, 6.45) is 5.49. The average molecular weight is 364 g/mol. The summed E-state index contributed by atoms with van der Waals surface area (Å²) in [7, 11) is -3.43. The smallest absolute Gasteiger partial charge is 0.271 e. The van der Waals surface area contributed by atoms with Gasteiger partial charge >= 0.3 is 0 Å². The van der Waals surface area contributed by atoms with Gasteiger partial charge < -0.3 is 9.63 Å². The van der Waals surface area contributed by atoms with Gasteiger partial charge in [0.05, 0.1) is 0 Å². The fourth-order valence-corrected chi connectivity index (χ4v) is 4.87. The fraction of sp³-hybridized carbons (Fsp3) is 0.500. The van der Waals surface area contributed by atoms with Crippen molar-refractivity contribution in [3.05, 3.63) is 53.9 Å². The Morgan fingerprint density at radius 2 is 1.76 bits per heavy atom. The van der Waals surface area contributed by atoms with Crippen molar-refractivity contribution in [2.24, 2.45) is 0 Å². The third-order valence-corrected chi connectivity index (χ3v) is 6.93. The predicted molar refractivity (Wildman–Crippen MR) is 102 cm³/mol. The van der Waals surface area contributed by atoms with Gasteiger partial charge in [0.15, 0.2) is 5.31 Å². The number of benzene rings is 1. The number of hydrogen-bond donors (Lipinski definition) is 0. The molecule has 0 bridgehead atoms. The first-order chi connectivity index (χ1) is 11.7. The zero-order chi connectivity index (χ0) is 18.6. The molecule has 138 valence electrons. The summed E-state index contributed by atoms with van der Waals surface area (Å²) in [4.78, 5) is 13.5. The molecule has 0 unspecified atom stereocenters. The minimum atomic E-state index is -3.43. The minimum Gasteiger partial charge on any atom is -0.627 e. The first-order valence-electron chi connectivity index (χ1n) is 8.67. The van der Waals surface area contributed by atoms with Crippen molar-refractivity contribution < 1.29 is 18.7 Å². The van der Waals surface area contributed by atoms with E-state index in [2.05, 4.69) is 6.58 Å². The molecule has 1 heterocycles. The molecule has 0 spiro atoms. The predicted octanol–water partition coefficient (Wildman–Crippen LogP) is 4.74. The lowest BCUT2D eigenvalue weighted by molar-refractivity contribution is -0.209. The van der Waals surface area contributed by atoms with Gasteiger partial charge in [-0.05, 0) is 52.2 Å². The molecular formula is C20H29O4P. The van der Waals surface area contributed by atoms with E-state index in [9.17, 15) is 4.89 Å². The van der Waals surface area contributed by atoms with Crippen molar-refractivity contribution in [3.63, 3.8) is 0 Å². The van der Waals surface area contributed by atoms with E-state index in [0.717, 1.165) is 18.4 Å². The van der Waals surface area contributed by atoms with Crippen LogP contribution in [0.15, 0.2) is 48.3 Å². The van der Waals surface area contributed by atoms with E-state index in [4.69, 9.17) is 13.8 Å². The van der Waals surface area contributed by atoms with Crippen LogP contribution in [0.25, 0.3) is 6.08 Å². The lowest BCUT2D eigenvalue weighted by Crippen LogP contribution is -2.41. The standard InChI is InChI=1S/C20H29O4P/c1-6-7-11-14-22-16-18(15-17-12-9-8-10-13-17)25(21)23-19(2,3)20(4,5)24-25/h6,8-10,12-13,15H,1,7,11,14,16H2,2-5H3/b18-15+. The van der Waals surface area contributed by atoms with Crippen LogP contribution in [-0.4, -0.2) is 24.4 Å². The van der Waals surface area contributed by atoms with E-state index in [1.807, 2.05) is 70.2 Å². The molecule has 5 heteroatoms. The van der Waals surface area contributed by atoms with Crippen molar-refractivity contribution in [2.45, 2.75) is 51.7 Å². The molecule has 1 fully saturated rings. The maximum atomic E-state index is 13.5. The summed E-state index contributed by atoms with van der Waals surface area (Å²) < 4.78 is 17.6. The maximum Gasteiger partial charge on any atom is 0.271 e. The summed E-state index contributed by atoms with van der Waals surface area (Å²) >= 11 is 0. The van der Waals surface area contributed by atoms with Gasteiger partial charge in [0.25, 0.3) is 7.94 Å². The molecule has 1 aliphatic rings. The first-order valence-corrected chi connectivity index (χ1v) is 10.2. The maximum absolute atomic E-state index is 13.5. The van der Waals surface area contributed by atoms with Crippen molar-refractivity contribution in [1.29, 1.82) is 0 Å². The first kappa shape index (κ1) is 20.3. The van der Waals surface area contributed by atoms with Gasteiger partial charge in [0, 0.05) is 6.61 Å². The quantitative estimate of drug-likeness (QED) is 0.380. The number of rotatable bonds is 8. The monoisotopic (exact) mass is 364 g/mol. The highest BCUT2D eigenvalue weighted by atomic mass is 31.2. The Morgan fingerprint density at radius 1 is 1.16 bits per heavy atom. The van der Waals surface area contributed by atoms with Gasteiger partial charge in [-0.2, -0.15) is 9.05 Å². The molecule has 25 heavy (non-hydrogen) atoms. The molecule has 2 rings (SSSR count). The van der Waals surface area contributed by atoms with E-state index < -0.39 is 19.1 Å². The molecule has 0 atom stereocenters. The molecule has 0 amide bonds. The van der Waals surface area contributed by atoms with Crippen molar-refractivity contribution >= 4 is 14.0 Å². The van der Waals surface area contributed by atoms with Gasteiger partial charge in [0.2, 0.25) is 0 Å². The molecule has 0 radical (unpaired) electrons. The number of unbranched alkanes of at least 4 members (excludes halogenated alkanes) is 1. The molecule has 0 saturated carbocycles. The Kier molecular flexibility index (Phi) is 6.58. The summed E-state index contributed by atoms with van der Waals surface area (Å²) in [6, 6.07) is 9.73. The lowest BCUT2D eigenvalue weighted by Gasteiger charge is -2.25. The van der Waals surface area contributed by atoms with Crippen LogP contribution in [0.1, 0.15) is 46.1 Å². The van der Waals surface area contributed by atoms with E-state index in [1.54, 1.807) is 0 Å². The highest BCUT2D eigenvalue weighted by Crippen LogP contribution is 2.71. The Labute approximate surface area is 152 Å². The van der Waals surface area contributed by atoms with Crippen LogP contribution >= 0.6 is 7.94 Å². The summed E-state index contributed by atoms with van der Waals surface area (Å²) in [5, 5.41) is 0.552. The van der Waals surface area contributed by atoms with E-state index in [-0.39, 0.29) is 6.61 Å². The molecule has 1 aromatic carbocycles. The average Bonchev–Trinajstić information content (AvgIpc) is 2.70. The van der Waals surface area contributed by atoms with Crippen LogP contribution in [0.3, 0.4) is 0 Å². The fourth-order valence-electron chi connectivity index (χ4n) is 2.40. The second-order valence-corrected chi connectivity index (χ2v) is 9.17. The highest BCUT2D eigenvalue weighted by molar-refractivity contribution is 7.64. The van der Waals surface area contributed by atoms with Gasteiger partial charge in [-0.1, -0.05) is 36.4 Å². The highest BCUT2D eigenvalue weighted by Gasteiger charge is 2.61. The van der Waals surface area contributed by atoms with Crippen molar-refractivity contribution in [3.8, 4) is 0 Å². The second kappa shape index (κ2) is 8.11. The summed E-state index contributed by atoms with van der Waals surface area (Å²) in [5.41, 5.74) is -0.361. The van der Waals surface area contributed by atoms with Crippen LogP contribution in [0.2, 0.25) is 0 Å². The third kappa shape index (κ3) is 4.99. The van der Waals surface area contributed by atoms with Crippen molar-refractivity contribution in [2.75, 3.05) is 13.2 Å². The number of ether oxygens (including phenoxy) is 1. The van der Waals surface area contributed by atoms with Crippen molar-refractivity contribution in [1.82, 2.24) is 0 Å². The molecule has 0 N–H and O–H groups in total. The zero-order valence-corrected chi connectivity index (χ0v) is 16.6. The second-order valence-electron chi connectivity index (χ2n) is 7.23. The molecule has 1 aliphatic heterocycles. The molecular weight excluding hydrogens is 335 g/mol. The molecule has 0 aromatic heterocycles. The van der Waals surface area contributed by atoms with Gasteiger partial charge in [0.1, 0.15) is 17.8 Å². The Bertz CT molecular complexity index is 591. The van der Waals surface area contributed by atoms with E-state index in [0.29, 0.717) is 11.9 Å². The van der Waals surface area contributed by atoms with Crippen LogP contribution in [0.5, 0.6) is 0 Å². The van der Waals surface area contributed by atoms with E-state index in [1.165, 1.54) is 0 Å². The van der Waals surface area contributed by atoms with E-state index >= 15 is 0 Å². The Balaban J connectivity index is 2.22. The molecule has 0 aliphatic carbocycles. The van der Waals surface area contributed by atoms with Crippen LogP contribution in [0, 0.1) is 0 Å². The minimum absolute atomic E-state index is 0.218.